The molecule has 0 aliphatic heterocycles. The van der Waals surface area contributed by atoms with E-state index in [1.54, 1.807) is 46.6 Å². The van der Waals surface area contributed by atoms with E-state index in [9.17, 15) is 9.59 Å². The molecule has 0 rings (SSSR count). The van der Waals surface area contributed by atoms with Crippen molar-refractivity contribution in [2.75, 3.05) is 33.4 Å². The summed E-state index contributed by atoms with van der Waals surface area (Å²) < 4.78 is 10.4. The third-order valence-electron chi connectivity index (χ3n) is 2.54. The highest BCUT2D eigenvalue weighted by atomic mass is 16.6. The van der Waals surface area contributed by atoms with Gasteiger partial charge in [0.05, 0.1) is 13.2 Å². The molecule has 0 aromatic carbocycles. The van der Waals surface area contributed by atoms with E-state index in [0.29, 0.717) is 26.3 Å². The summed E-state index contributed by atoms with van der Waals surface area (Å²) in [6.07, 6.45) is -0.481. The molecule has 0 saturated heterocycles. The van der Waals surface area contributed by atoms with Crippen molar-refractivity contribution in [3.05, 3.63) is 11.3 Å². The number of likely N-dealkylation sites (N-methyl/N-ethyl adjacent to an activating group) is 1. The van der Waals surface area contributed by atoms with Gasteiger partial charge in [0.15, 0.2) is 0 Å². The van der Waals surface area contributed by atoms with Crippen LogP contribution in [0.3, 0.4) is 0 Å². The lowest BCUT2D eigenvalue weighted by Crippen LogP contribution is -2.34. The maximum absolute atomic E-state index is 11.4. The number of carboxylic acid groups (broad SMARTS) is 1. The first-order valence-electron chi connectivity index (χ1n) is 7.21. The van der Waals surface area contributed by atoms with E-state index in [2.05, 4.69) is 5.32 Å². The van der Waals surface area contributed by atoms with Crippen LogP contribution in [0.25, 0.3) is 0 Å². The Morgan fingerprint density at radius 2 is 1.77 bits per heavy atom. The van der Waals surface area contributed by atoms with Crippen LogP contribution in [0.1, 0.15) is 34.6 Å². The van der Waals surface area contributed by atoms with Crippen molar-refractivity contribution >= 4 is 12.1 Å². The smallest absolute Gasteiger partial charge is 0.407 e. The third kappa shape index (κ3) is 9.23. The number of carbonyl (C=O) groups is 2. The van der Waals surface area contributed by atoms with Gasteiger partial charge in [0.25, 0.3) is 0 Å². The molecule has 0 aliphatic rings. The first-order chi connectivity index (χ1) is 10.0. The zero-order valence-electron chi connectivity index (χ0n) is 14.4. The van der Waals surface area contributed by atoms with Gasteiger partial charge in [-0.05, 0) is 40.2 Å². The quantitative estimate of drug-likeness (QED) is 0.525. The second-order valence-corrected chi connectivity index (χ2v) is 6.12. The average Bonchev–Trinajstić information content (AvgIpc) is 2.30. The molecule has 0 unspecified atom stereocenters. The van der Waals surface area contributed by atoms with Gasteiger partial charge in [0, 0.05) is 20.1 Å². The lowest BCUT2D eigenvalue weighted by Gasteiger charge is -2.21. The molecule has 0 saturated carbocycles. The normalized spacial score (nSPS) is 10.8. The van der Waals surface area contributed by atoms with Gasteiger partial charge in [0.1, 0.15) is 11.3 Å². The summed E-state index contributed by atoms with van der Waals surface area (Å²) in [4.78, 5) is 24.1. The second-order valence-electron chi connectivity index (χ2n) is 6.12. The van der Waals surface area contributed by atoms with Crippen LogP contribution >= 0.6 is 0 Å². The highest BCUT2D eigenvalue weighted by Gasteiger charge is 2.16. The van der Waals surface area contributed by atoms with Crippen molar-refractivity contribution in [2.24, 2.45) is 0 Å². The van der Waals surface area contributed by atoms with Crippen LogP contribution in [0.2, 0.25) is 0 Å². The minimum Gasteiger partial charge on any atom is -0.477 e. The molecule has 0 fully saturated rings. The molecule has 7 nitrogen and oxygen atoms in total. The van der Waals surface area contributed by atoms with E-state index in [-0.39, 0.29) is 5.70 Å². The Labute approximate surface area is 132 Å². The molecule has 0 atom stereocenters. The van der Waals surface area contributed by atoms with Gasteiger partial charge in [-0.2, -0.15) is 0 Å². The average molecular weight is 316 g/mol. The van der Waals surface area contributed by atoms with Crippen molar-refractivity contribution in [3.8, 4) is 0 Å². The number of nitrogens with one attached hydrogen (secondary N) is 1. The van der Waals surface area contributed by atoms with Crippen molar-refractivity contribution < 1.29 is 24.2 Å². The fraction of sp³-hybridized carbons (Fsp3) is 0.733. The minimum atomic E-state index is -0.950. The Kier molecular flexibility index (Phi) is 8.55. The number of carbonyl (C=O) groups excluding carboxylic acids is 1. The SMILES string of the molecule is CC(C)=C(C(=O)O)N(C)CCOCCNC(=O)OC(C)(C)C. The van der Waals surface area contributed by atoms with Gasteiger partial charge >= 0.3 is 12.1 Å². The number of alkyl carbamates (subject to hydrolysis) is 1. The molecule has 0 aromatic heterocycles. The number of ether oxygens (including phenoxy) is 2. The van der Waals surface area contributed by atoms with E-state index in [0.717, 1.165) is 5.57 Å². The van der Waals surface area contributed by atoms with Crippen LogP contribution in [-0.4, -0.2) is 61.0 Å². The summed E-state index contributed by atoms with van der Waals surface area (Å²) in [5.41, 5.74) is 0.489. The number of rotatable bonds is 8. The maximum Gasteiger partial charge on any atom is 0.407 e. The van der Waals surface area contributed by atoms with Crippen molar-refractivity contribution in [1.29, 1.82) is 0 Å². The second kappa shape index (κ2) is 9.30. The highest BCUT2D eigenvalue weighted by molar-refractivity contribution is 5.86. The zero-order chi connectivity index (χ0) is 17.3. The molecule has 7 heteroatoms. The van der Waals surface area contributed by atoms with Crippen LogP contribution in [0.15, 0.2) is 11.3 Å². The topological polar surface area (TPSA) is 88.1 Å². The monoisotopic (exact) mass is 316 g/mol. The first kappa shape index (κ1) is 20.2. The fourth-order valence-corrected chi connectivity index (χ4v) is 1.71. The van der Waals surface area contributed by atoms with Crippen molar-refractivity contribution in [2.45, 2.75) is 40.2 Å². The molecule has 0 spiro atoms. The Morgan fingerprint density at radius 1 is 1.18 bits per heavy atom. The molecule has 0 bridgehead atoms. The van der Waals surface area contributed by atoms with E-state index in [1.165, 1.54) is 0 Å². The molecule has 128 valence electrons. The van der Waals surface area contributed by atoms with Crippen LogP contribution < -0.4 is 5.32 Å². The van der Waals surface area contributed by atoms with Gasteiger partial charge < -0.3 is 24.8 Å². The molecule has 1 amide bonds. The lowest BCUT2D eigenvalue weighted by molar-refractivity contribution is -0.134. The largest absolute Gasteiger partial charge is 0.477 e. The van der Waals surface area contributed by atoms with Crippen molar-refractivity contribution in [1.82, 2.24) is 10.2 Å². The van der Waals surface area contributed by atoms with E-state index in [4.69, 9.17) is 14.6 Å². The number of aliphatic carboxylic acids is 1. The van der Waals surface area contributed by atoms with Gasteiger partial charge in [-0.1, -0.05) is 0 Å². The van der Waals surface area contributed by atoms with E-state index >= 15 is 0 Å². The number of nitrogens with zero attached hydrogens (tertiary/aromatic N) is 1. The fourth-order valence-electron chi connectivity index (χ4n) is 1.71. The molecule has 0 aliphatic carbocycles. The summed E-state index contributed by atoms with van der Waals surface area (Å²) in [6.45, 7) is 10.4. The zero-order valence-corrected chi connectivity index (χ0v) is 14.4. The number of allylic oxidation sites excluding steroid dienone is 1. The maximum atomic E-state index is 11.4. The Bertz CT molecular complexity index is 409. The third-order valence-corrected chi connectivity index (χ3v) is 2.54. The van der Waals surface area contributed by atoms with Crippen LogP contribution in [0.4, 0.5) is 4.79 Å². The van der Waals surface area contributed by atoms with Crippen LogP contribution in [0.5, 0.6) is 0 Å². The summed E-state index contributed by atoms with van der Waals surface area (Å²) in [6, 6.07) is 0. The predicted octanol–water partition coefficient (Wildman–Crippen LogP) is 1.84. The van der Waals surface area contributed by atoms with Crippen molar-refractivity contribution in [3.63, 3.8) is 0 Å². The van der Waals surface area contributed by atoms with Gasteiger partial charge in [-0.3, -0.25) is 0 Å². The van der Waals surface area contributed by atoms with Crippen LogP contribution in [-0.2, 0) is 14.3 Å². The van der Waals surface area contributed by atoms with Crippen LogP contribution in [0, 0.1) is 0 Å². The molecule has 0 heterocycles. The standard InChI is InChI=1S/C15H28N2O5/c1-11(2)12(13(18)19)17(6)8-10-21-9-7-16-14(20)22-15(3,4)5/h7-10H2,1-6H3,(H,16,20)(H,18,19). The summed E-state index contributed by atoms with van der Waals surface area (Å²) in [5.74, 6) is -0.950. The molecule has 2 N–H and O–H groups in total. The predicted molar refractivity (Wildman–Crippen MR) is 83.7 cm³/mol. The number of hydrogen-bond donors (Lipinski definition) is 2. The molecular formula is C15H28N2O5. The summed E-state index contributed by atoms with van der Waals surface area (Å²) in [5, 5.41) is 11.7. The Hall–Kier alpha value is -1.76. The molecule has 0 aromatic rings. The number of hydrogen-bond acceptors (Lipinski definition) is 5. The lowest BCUT2D eigenvalue weighted by atomic mass is 10.2. The highest BCUT2D eigenvalue weighted by Crippen LogP contribution is 2.08. The molecule has 0 radical (unpaired) electrons. The summed E-state index contributed by atoms with van der Waals surface area (Å²) >= 11 is 0. The first-order valence-corrected chi connectivity index (χ1v) is 7.21. The van der Waals surface area contributed by atoms with E-state index < -0.39 is 17.7 Å². The Morgan fingerprint density at radius 3 is 2.23 bits per heavy atom. The number of amides is 1. The van der Waals surface area contributed by atoms with Gasteiger partial charge in [0.2, 0.25) is 0 Å². The number of carboxylic acids is 1. The van der Waals surface area contributed by atoms with E-state index in [1.807, 2.05) is 0 Å². The summed E-state index contributed by atoms with van der Waals surface area (Å²) in [7, 11) is 1.71. The minimum absolute atomic E-state index is 0.274. The molecular weight excluding hydrogens is 288 g/mol. The van der Waals surface area contributed by atoms with Gasteiger partial charge in [-0.15, -0.1) is 0 Å². The van der Waals surface area contributed by atoms with Gasteiger partial charge in [-0.25, -0.2) is 9.59 Å². The molecule has 22 heavy (non-hydrogen) atoms. The Balaban J connectivity index is 3.89.